The van der Waals surface area contributed by atoms with Crippen molar-refractivity contribution >= 4 is 15.9 Å². The number of hydrogen-bond donors (Lipinski definition) is 1. The van der Waals surface area contributed by atoms with E-state index >= 15 is 0 Å². The summed E-state index contributed by atoms with van der Waals surface area (Å²) >= 11 is 0. The van der Waals surface area contributed by atoms with Gasteiger partial charge in [-0.2, -0.15) is 5.10 Å². The van der Waals surface area contributed by atoms with E-state index in [0.717, 1.165) is 25.1 Å². The molecule has 2 heterocycles. The van der Waals surface area contributed by atoms with E-state index in [2.05, 4.69) is 16.7 Å². The SMILES string of the molecule is CC(C)CS(=O)(=O)NC(=O)c1cnn2c1CC(C)CC2. The number of carbonyl (C=O) groups excluding carboxylic acids is 1. The Hall–Kier alpha value is -1.37. The summed E-state index contributed by atoms with van der Waals surface area (Å²) in [4.78, 5) is 12.1. The van der Waals surface area contributed by atoms with Crippen molar-refractivity contribution in [3.8, 4) is 0 Å². The van der Waals surface area contributed by atoms with E-state index in [4.69, 9.17) is 0 Å². The lowest BCUT2D eigenvalue weighted by molar-refractivity contribution is 0.0979. The molecule has 1 amide bonds. The fraction of sp³-hybridized carbons (Fsp3) is 0.692. The highest BCUT2D eigenvalue weighted by Crippen LogP contribution is 2.22. The number of amides is 1. The van der Waals surface area contributed by atoms with Crippen molar-refractivity contribution in [3.05, 3.63) is 17.5 Å². The second-order valence-corrected chi connectivity index (χ2v) is 7.70. The predicted octanol–water partition coefficient (Wildman–Crippen LogP) is 1.18. The molecule has 0 saturated carbocycles. The van der Waals surface area contributed by atoms with E-state index in [0.29, 0.717) is 11.5 Å². The molecule has 0 spiro atoms. The number of fused-ring (bicyclic) bond motifs is 1. The van der Waals surface area contributed by atoms with Gasteiger partial charge >= 0.3 is 0 Å². The molecule has 0 aromatic carbocycles. The molecule has 20 heavy (non-hydrogen) atoms. The molecule has 0 aliphatic carbocycles. The number of nitrogens with zero attached hydrogens (tertiary/aromatic N) is 2. The first-order chi connectivity index (χ1) is 9.28. The summed E-state index contributed by atoms with van der Waals surface area (Å²) in [5.74, 6) is -0.168. The van der Waals surface area contributed by atoms with Crippen LogP contribution in [0.3, 0.4) is 0 Å². The number of sulfonamides is 1. The van der Waals surface area contributed by atoms with Crippen LogP contribution in [-0.2, 0) is 23.0 Å². The van der Waals surface area contributed by atoms with Gasteiger partial charge < -0.3 is 0 Å². The lowest BCUT2D eigenvalue weighted by Gasteiger charge is -2.20. The molecule has 0 radical (unpaired) electrons. The van der Waals surface area contributed by atoms with E-state index in [-0.39, 0.29) is 11.7 Å². The molecule has 1 aromatic heterocycles. The van der Waals surface area contributed by atoms with Gasteiger partial charge in [0, 0.05) is 6.54 Å². The second-order valence-electron chi connectivity index (χ2n) is 5.93. The van der Waals surface area contributed by atoms with Gasteiger partial charge in [0.1, 0.15) is 0 Å². The van der Waals surface area contributed by atoms with Crippen LogP contribution in [0.5, 0.6) is 0 Å². The highest BCUT2D eigenvalue weighted by Gasteiger charge is 2.25. The van der Waals surface area contributed by atoms with Crippen LogP contribution in [0.15, 0.2) is 6.20 Å². The van der Waals surface area contributed by atoms with Crippen molar-refractivity contribution in [1.29, 1.82) is 0 Å². The van der Waals surface area contributed by atoms with Crippen LogP contribution < -0.4 is 4.72 Å². The van der Waals surface area contributed by atoms with Crippen molar-refractivity contribution < 1.29 is 13.2 Å². The van der Waals surface area contributed by atoms with Gasteiger partial charge in [-0.15, -0.1) is 0 Å². The molecule has 1 aliphatic rings. The smallest absolute Gasteiger partial charge is 0.268 e. The molecule has 1 unspecified atom stereocenters. The minimum atomic E-state index is -3.58. The van der Waals surface area contributed by atoms with Crippen molar-refractivity contribution in [2.24, 2.45) is 11.8 Å². The molecule has 1 aromatic rings. The van der Waals surface area contributed by atoms with E-state index in [1.165, 1.54) is 6.20 Å². The van der Waals surface area contributed by atoms with Crippen LogP contribution >= 0.6 is 0 Å². The summed E-state index contributed by atoms with van der Waals surface area (Å²) in [5, 5.41) is 4.16. The maximum absolute atomic E-state index is 12.1. The zero-order valence-corrected chi connectivity index (χ0v) is 12.9. The Morgan fingerprint density at radius 2 is 2.25 bits per heavy atom. The van der Waals surface area contributed by atoms with E-state index in [9.17, 15) is 13.2 Å². The monoisotopic (exact) mass is 299 g/mol. The van der Waals surface area contributed by atoms with E-state index in [1.54, 1.807) is 18.5 Å². The minimum Gasteiger partial charge on any atom is -0.269 e. The summed E-state index contributed by atoms with van der Waals surface area (Å²) in [6.07, 6.45) is 3.25. The summed E-state index contributed by atoms with van der Waals surface area (Å²) in [7, 11) is -3.58. The number of aromatic nitrogens is 2. The third-order valence-corrected chi connectivity index (χ3v) is 4.97. The lowest BCUT2D eigenvalue weighted by Crippen LogP contribution is -2.34. The van der Waals surface area contributed by atoms with Crippen LogP contribution in [0.2, 0.25) is 0 Å². The average molecular weight is 299 g/mol. The maximum Gasteiger partial charge on any atom is 0.268 e. The Bertz CT molecular complexity index is 604. The fourth-order valence-corrected chi connectivity index (χ4v) is 3.81. The molecule has 1 atom stereocenters. The molecule has 7 heteroatoms. The standard InChI is InChI=1S/C13H21N3O3S/c1-9(2)8-20(18,19)15-13(17)11-7-14-16-5-4-10(3)6-12(11)16/h7,9-10H,4-6,8H2,1-3H3,(H,15,17). The Morgan fingerprint density at radius 3 is 2.90 bits per heavy atom. The second kappa shape index (κ2) is 5.55. The zero-order chi connectivity index (χ0) is 14.9. The highest BCUT2D eigenvalue weighted by molar-refractivity contribution is 7.90. The largest absolute Gasteiger partial charge is 0.269 e. The van der Waals surface area contributed by atoms with E-state index in [1.807, 2.05) is 0 Å². The number of rotatable bonds is 4. The maximum atomic E-state index is 12.1. The molecule has 6 nitrogen and oxygen atoms in total. The zero-order valence-electron chi connectivity index (χ0n) is 12.1. The number of hydrogen-bond acceptors (Lipinski definition) is 4. The number of carbonyl (C=O) groups is 1. The van der Waals surface area contributed by atoms with Crippen molar-refractivity contribution in [1.82, 2.24) is 14.5 Å². The van der Waals surface area contributed by atoms with Gasteiger partial charge in [-0.1, -0.05) is 20.8 Å². The Labute approximate surface area is 119 Å². The topological polar surface area (TPSA) is 81.1 Å². The quantitative estimate of drug-likeness (QED) is 0.905. The first-order valence-electron chi connectivity index (χ1n) is 6.88. The number of nitrogens with one attached hydrogen (secondary N) is 1. The van der Waals surface area contributed by atoms with Crippen molar-refractivity contribution in [3.63, 3.8) is 0 Å². The van der Waals surface area contributed by atoms with Gasteiger partial charge in [-0.25, -0.2) is 13.1 Å². The fourth-order valence-electron chi connectivity index (χ4n) is 2.46. The molecule has 2 rings (SSSR count). The average Bonchev–Trinajstić information content (AvgIpc) is 2.68. The highest BCUT2D eigenvalue weighted by atomic mass is 32.2. The molecule has 0 saturated heterocycles. The normalized spacial score (nSPS) is 18.9. The minimum absolute atomic E-state index is 0.0265. The van der Waals surface area contributed by atoms with Crippen LogP contribution in [0.25, 0.3) is 0 Å². The van der Waals surface area contributed by atoms with Crippen LogP contribution in [0, 0.1) is 11.8 Å². The Balaban J connectivity index is 2.17. The molecule has 1 aliphatic heterocycles. The third kappa shape index (κ3) is 3.39. The molecule has 0 fully saturated rings. The first-order valence-corrected chi connectivity index (χ1v) is 8.53. The Kier molecular flexibility index (Phi) is 4.17. The number of aryl methyl sites for hydroxylation is 1. The van der Waals surface area contributed by atoms with Crippen LogP contribution in [0.4, 0.5) is 0 Å². The molecule has 1 N–H and O–H groups in total. The summed E-state index contributed by atoms with van der Waals surface area (Å²) in [6.45, 7) is 6.50. The van der Waals surface area contributed by atoms with Gasteiger partial charge in [0.05, 0.1) is 23.2 Å². The summed E-state index contributed by atoms with van der Waals surface area (Å²) in [6, 6.07) is 0. The Morgan fingerprint density at radius 1 is 1.55 bits per heavy atom. The lowest BCUT2D eigenvalue weighted by atomic mass is 9.96. The van der Waals surface area contributed by atoms with Crippen molar-refractivity contribution in [2.45, 2.75) is 40.2 Å². The predicted molar refractivity (Wildman–Crippen MR) is 75.8 cm³/mol. The van der Waals surface area contributed by atoms with Gasteiger partial charge in [0.2, 0.25) is 10.0 Å². The summed E-state index contributed by atoms with van der Waals surface area (Å²) < 4.78 is 27.6. The molecule has 112 valence electrons. The first kappa shape index (κ1) is 15.0. The summed E-state index contributed by atoms with van der Waals surface area (Å²) in [5.41, 5.74) is 1.21. The van der Waals surface area contributed by atoms with Crippen LogP contribution in [-0.4, -0.2) is 29.9 Å². The van der Waals surface area contributed by atoms with Gasteiger partial charge in [-0.05, 0) is 24.7 Å². The van der Waals surface area contributed by atoms with Gasteiger partial charge in [0.25, 0.3) is 5.91 Å². The van der Waals surface area contributed by atoms with Crippen LogP contribution in [0.1, 0.15) is 43.2 Å². The molecule has 0 bridgehead atoms. The molecular weight excluding hydrogens is 278 g/mol. The molecular formula is C13H21N3O3S. The van der Waals surface area contributed by atoms with E-state index < -0.39 is 15.9 Å². The third-order valence-electron chi connectivity index (χ3n) is 3.37. The van der Waals surface area contributed by atoms with Gasteiger partial charge in [-0.3, -0.25) is 9.48 Å². The van der Waals surface area contributed by atoms with Crippen molar-refractivity contribution in [2.75, 3.05) is 5.75 Å². The van der Waals surface area contributed by atoms with Gasteiger partial charge in [0.15, 0.2) is 0 Å².